The zero-order valence-electron chi connectivity index (χ0n) is 10.8. The molecule has 0 heterocycles. The monoisotopic (exact) mass is 225 g/mol. The number of likely N-dealkylation sites (N-methyl/N-ethyl adjacent to an activating group) is 1. The molecule has 0 aromatic heterocycles. The lowest BCUT2D eigenvalue weighted by Gasteiger charge is -2.06. The van der Waals surface area contributed by atoms with Crippen molar-refractivity contribution in [2.75, 3.05) is 62.3 Å². The third-order valence-electron chi connectivity index (χ3n) is 1.03. The molecular weight excluding hydrogens is 194 g/mol. The molecular formula is C11H31NO3. The fraction of sp³-hybridized carbons (Fsp3) is 1.00. The second kappa shape index (κ2) is 29.2. The average Bonchev–Trinajstić information content (AvgIpc) is 2.16. The second-order valence-corrected chi connectivity index (χ2v) is 2.78. The minimum Gasteiger partial charge on any atom is -0.388 e. The van der Waals surface area contributed by atoms with Crippen molar-refractivity contribution in [3.8, 4) is 0 Å². The second-order valence-electron chi connectivity index (χ2n) is 2.78. The minimum absolute atomic E-state index is 0. The molecule has 4 nitrogen and oxygen atoms in total. The van der Waals surface area contributed by atoms with Crippen molar-refractivity contribution in [3.63, 3.8) is 0 Å². The van der Waals surface area contributed by atoms with E-state index in [2.05, 4.69) is 14.4 Å². The number of methoxy groups -OCH3 is 3. The molecule has 0 saturated carbocycles. The molecule has 0 aromatic carbocycles. The molecule has 0 bridgehead atoms. The quantitative estimate of drug-likeness (QED) is 0.729. The Morgan fingerprint density at radius 3 is 1.33 bits per heavy atom. The van der Waals surface area contributed by atoms with Gasteiger partial charge >= 0.3 is 0 Å². The number of ether oxygens (including phenoxy) is 3. The predicted molar refractivity (Wildman–Crippen MR) is 67.6 cm³/mol. The van der Waals surface area contributed by atoms with Crippen LogP contribution < -0.4 is 0 Å². The maximum absolute atomic E-state index is 4.81. The number of nitrogens with zero attached hydrogens (tertiary/aromatic N) is 1. The van der Waals surface area contributed by atoms with Crippen LogP contribution in [-0.4, -0.2) is 67.2 Å². The zero-order chi connectivity index (χ0) is 11.8. The Kier molecular flexibility index (Phi) is 47.1. The summed E-state index contributed by atoms with van der Waals surface area (Å²) in [6.07, 6.45) is 0. The Labute approximate surface area is 96.5 Å². The molecule has 0 N–H and O–H groups in total. The third-order valence-corrected chi connectivity index (χ3v) is 1.03. The summed E-state index contributed by atoms with van der Waals surface area (Å²) >= 11 is 0. The van der Waals surface area contributed by atoms with Gasteiger partial charge in [0.2, 0.25) is 0 Å². The highest BCUT2D eigenvalue weighted by atomic mass is 16.5. The van der Waals surface area contributed by atoms with Crippen molar-refractivity contribution >= 4 is 0 Å². The summed E-state index contributed by atoms with van der Waals surface area (Å²) in [5.74, 6) is 0. The fourth-order valence-corrected chi connectivity index (χ4v) is 0.274. The van der Waals surface area contributed by atoms with Crippen LogP contribution >= 0.6 is 0 Å². The highest BCUT2D eigenvalue weighted by Crippen LogP contribution is 1.71. The first-order chi connectivity index (χ1) is 6.60. The molecule has 0 radical (unpaired) electrons. The molecule has 4 heteroatoms. The average molecular weight is 225 g/mol. The van der Waals surface area contributed by atoms with Gasteiger partial charge in [-0.2, -0.15) is 0 Å². The van der Waals surface area contributed by atoms with Crippen LogP contribution in [-0.2, 0) is 14.2 Å². The van der Waals surface area contributed by atoms with Crippen molar-refractivity contribution in [3.05, 3.63) is 0 Å². The van der Waals surface area contributed by atoms with Crippen molar-refractivity contribution in [1.29, 1.82) is 0 Å². The first-order valence-electron chi connectivity index (χ1n) is 4.63. The Balaban J connectivity index is -0.0000000654. The molecule has 0 atom stereocenters. The summed E-state index contributed by atoms with van der Waals surface area (Å²) in [6, 6.07) is 0. The molecule has 0 fully saturated rings. The molecule has 0 aliphatic carbocycles. The van der Waals surface area contributed by atoms with E-state index < -0.39 is 0 Å². The van der Waals surface area contributed by atoms with Gasteiger partial charge < -0.3 is 19.1 Å². The summed E-state index contributed by atoms with van der Waals surface area (Å²) in [4.78, 5) is 2.09. The van der Waals surface area contributed by atoms with Crippen LogP contribution in [0.3, 0.4) is 0 Å². The topological polar surface area (TPSA) is 30.9 Å². The standard InChI is InChI=1S/C5H13NO.C3H8O.C2H6O.CH4/c1-6(2)4-5-7-3;1-3-4-2;1-3-2;/h4-5H2,1-3H3;3H2,1-2H3;1-2H3;1H4. The van der Waals surface area contributed by atoms with Crippen LogP contribution in [0.15, 0.2) is 0 Å². The van der Waals surface area contributed by atoms with Crippen LogP contribution in [0, 0.1) is 0 Å². The molecule has 0 aliphatic rings. The number of rotatable bonds is 4. The molecule has 0 spiro atoms. The van der Waals surface area contributed by atoms with Crippen molar-refractivity contribution in [2.24, 2.45) is 0 Å². The van der Waals surface area contributed by atoms with Gasteiger partial charge in [-0.15, -0.1) is 0 Å². The van der Waals surface area contributed by atoms with Crippen molar-refractivity contribution in [1.82, 2.24) is 4.90 Å². The van der Waals surface area contributed by atoms with E-state index in [0.29, 0.717) is 0 Å². The highest BCUT2D eigenvalue weighted by molar-refractivity contribution is 4.36. The first kappa shape index (κ1) is 24.2. The molecule has 0 amide bonds. The third kappa shape index (κ3) is 82.8. The van der Waals surface area contributed by atoms with Gasteiger partial charge in [0.05, 0.1) is 6.61 Å². The summed E-state index contributed by atoms with van der Waals surface area (Å²) < 4.78 is 13.6. The summed E-state index contributed by atoms with van der Waals surface area (Å²) in [5, 5.41) is 0. The lowest BCUT2D eigenvalue weighted by atomic mass is 10.6. The van der Waals surface area contributed by atoms with E-state index in [4.69, 9.17) is 4.74 Å². The molecule has 0 aromatic rings. The lowest BCUT2D eigenvalue weighted by molar-refractivity contribution is 0.172. The van der Waals surface area contributed by atoms with E-state index in [1.807, 2.05) is 21.0 Å². The number of hydrogen-bond acceptors (Lipinski definition) is 4. The predicted octanol–water partition coefficient (Wildman–Crippen LogP) is 1.75. The fourth-order valence-electron chi connectivity index (χ4n) is 0.274. The van der Waals surface area contributed by atoms with Gasteiger partial charge in [0.1, 0.15) is 0 Å². The van der Waals surface area contributed by atoms with E-state index in [0.717, 1.165) is 19.8 Å². The maximum atomic E-state index is 4.81. The van der Waals surface area contributed by atoms with E-state index in [1.165, 1.54) is 0 Å². The molecule has 0 rings (SSSR count). The summed E-state index contributed by atoms with van der Waals surface area (Å²) in [7, 11) is 10.7. The Bertz CT molecular complexity index is 68.9. The van der Waals surface area contributed by atoms with Crippen LogP contribution in [0.5, 0.6) is 0 Å². The van der Waals surface area contributed by atoms with Gasteiger partial charge in [-0.1, -0.05) is 7.43 Å². The van der Waals surface area contributed by atoms with Gasteiger partial charge in [-0.25, -0.2) is 0 Å². The molecule has 15 heavy (non-hydrogen) atoms. The van der Waals surface area contributed by atoms with Gasteiger partial charge in [0, 0.05) is 41.6 Å². The first-order valence-corrected chi connectivity index (χ1v) is 4.63. The lowest BCUT2D eigenvalue weighted by Crippen LogP contribution is -2.16. The Morgan fingerprint density at radius 1 is 0.933 bits per heavy atom. The van der Waals surface area contributed by atoms with E-state index in [9.17, 15) is 0 Å². The van der Waals surface area contributed by atoms with Gasteiger partial charge in [-0.3, -0.25) is 0 Å². The van der Waals surface area contributed by atoms with Crippen molar-refractivity contribution in [2.45, 2.75) is 14.4 Å². The molecule has 0 saturated heterocycles. The van der Waals surface area contributed by atoms with Gasteiger partial charge in [-0.05, 0) is 21.0 Å². The smallest absolute Gasteiger partial charge is 0.0589 e. The van der Waals surface area contributed by atoms with Gasteiger partial charge in [0.25, 0.3) is 0 Å². The van der Waals surface area contributed by atoms with Crippen LogP contribution in [0.1, 0.15) is 14.4 Å². The Morgan fingerprint density at radius 2 is 1.27 bits per heavy atom. The van der Waals surface area contributed by atoms with E-state index in [-0.39, 0.29) is 7.43 Å². The largest absolute Gasteiger partial charge is 0.388 e. The molecule has 98 valence electrons. The van der Waals surface area contributed by atoms with Crippen molar-refractivity contribution < 1.29 is 14.2 Å². The SMILES string of the molecule is C.CCOC.COC.COCCN(C)C. The summed E-state index contributed by atoms with van der Waals surface area (Å²) in [6.45, 7) is 4.61. The highest BCUT2D eigenvalue weighted by Gasteiger charge is 1.83. The van der Waals surface area contributed by atoms with E-state index in [1.54, 1.807) is 28.4 Å². The normalized spacial score (nSPS) is 8.00. The minimum atomic E-state index is 0. The molecule has 0 unspecified atom stereocenters. The van der Waals surface area contributed by atoms with Crippen LogP contribution in [0.25, 0.3) is 0 Å². The summed E-state index contributed by atoms with van der Waals surface area (Å²) in [5.41, 5.74) is 0. The maximum Gasteiger partial charge on any atom is 0.0589 e. The zero-order valence-corrected chi connectivity index (χ0v) is 10.8. The van der Waals surface area contributed by atoms with E-state index >= 15 is 0 Å². The van der Waals surface area contributed by atoms with Crippen LogP contribution in [0.2, 0.25) is 0 Å². The number of hydrogen-bond donors (Lipinski definition) is 0. The van der Waals surface area contributed by atoms with Gasteiger partial charge in [0.15, 0.2) is 0 Å². The molecule has 0 aliphatic heterocycles. The van der Waals surface area contributed by atoms with Crippen LogP contribution in [0.4, 0.5) is 0 Å². The Hall–Kier alpha value is -0.160.